The fourth-order valence-electron chi connectivity index (χ4n) is 2.69. The van der Waals surface area contributed by atoms with Crippen LogP contribution in [0.3, 0.4) is 0 Å². The molecule has 0 radical (unpaired) electrons. The minimum Gasteiger partial charge on any atom is -0.342 e. The van der Waals surface area contributed by atoms with Gasteiger partial charge in [-0.2, -0.15) is 11.8 Å². The maximum absolute atomic E-state index is 12.9. The van der Waals surface area contributed by atoms with E-state index in [4.69, 9.17) is 0 Å². The van der Waals surface area contributed by atoms with Gasteiger partial charge in [0.05, 0.1) is 0 Å². The Morgan fingerprint density at radius 2 is 1.86 bits per heavy atom. The Hall–Kier alpha value is -0.710. The van der Waals surface area contributed by atoms with Gasteiger partial charge in [0.25, 0.3) is 0 Å². The molecule has 0 bridgehead atoms. The molecule has 0 saturated carbocycles. The lowest BCUT2D eigenvalue weighted by atomic mass is 9.90. The van der Waals surface area contributed by atoms with Crippen LogP contribution in [-0.4, -0.2) is 46.3 Å². The van der Waals surface area contributed by atoms with Gasteiger partial charge in [-0.1, -0.05) is 34.1 Å². The smallest absolute Gasteiger partial charge is 0.246 e. The third kappa shape index (κ3) is 4.15. The Morgan fingerprint density at radius 1 is 1.29 bits per heavy atom. The number of hydrogen-bond donors (Lipinski definition) is 1. The number of thioether (sulfide) groups is 1. The zero-order chi connectivity index (χ0) is 16.4. The zero-order valence-electron chi connectivity index (χ0n) is 14.4. The summed E-state index contributed by atoms with van der Waals surface area (Å²) in [5, 5.41) is 2.95. The molecule has 0 aromatic carbocycles. The van der Waals surface area contributed by atoms with Gasteiger partial charge in [0.15, 0.2) is 0 Å². The third-order valence-electron chi connectivity index (χ3n) is 4.40. The maximum atomic E-state index is 12.9. The lowest BCUT2D eigenvalue weighted by molar-refractivity contribution is -0.153. The highest BCUT2D eigenvalue weighted by atomic mass is 32.2. The van der Waals surface area contributed by atoms with Crippen molar-refractivity contribution < 1.29 is 9.59 Å². The SMILES string of the molecule is CCC(C)C1NC(=O)C(C(C)C)N(CC(C)(C)SC)C1=O. The minimum absolute atomic E-state index is 0.00759. The fraction of sp³-hybridized carbons (Fsp3) is 0.875. The number of carbonyl (C=O) groups excluding carboxylic acids is 2. The summed E-state index contributed by atoms with van der Waals surface area (Å²) in [4.78, 5) is 27.2. The molecule has 0 aromatic heterocycles. The van der Waals surface area contributed by atoms with Crippen LogP contribution in [0.2, 0.25) is 0 Å². The number of nitrogens with one attached hydrogen (secondary N) is 1. The molecule has 0 aliphatic carbocycles. The Bertz CT molecular complexity index is 396. The number of nitrogens with zero attached hydrogens (tertiary/aromatic N) is 1. The quantitative estimate of drug-likeness (QED) is 0.819. The van der Waals surface area contributed by atoms with E-state index in [0.29, 0.717) is 6.54 Å². The van der Waals surface area contributed by atoms with E-state index in [1.807, 2.05) is 31.9 Å². The zero-order valence-corrected chi connectivity index (χ0v) is 15.2. The van der Waals surface area contributed by atoms with Crippen LogP contribution >= 0.6 is 11.8 Å². The summed E-state index contributed by atoms with van der Waals surface area (Å²) in [7, 11) is 0. The molecule has 3 unspecified atom stereocenters. The standard InChI is InChI=1S/C16H30N2O2S/c1-8-11(4)12-15(20)18(9-16(5,6)21-7)13(10(2)3)14(19)17-12/h10-13H,8-9H2,1-7H3,(H,17,19). The second kappa shape index (κ2) is 7.03. The molecule has 4 nitrogen and oxygen atoms in total. The Morgan fingerprint density at radius 3 is 2.29 bits per heavy atom. The van der Waals surface area contributed by atoms with Gasteiger partial charge in [0, 0.05) is 11.3 Å². The van der Waals surface area contributed by atoms with Gasteiger partial charge in [-0.25, -0.2) is 0 Å². The minimum atomic E-state index is -0.379. The molecule has 3 atom stereocenters. The molecule has 1 saturated heterocycles. The summed E-state index contributed by atoms with van der Waals surface area (Å²) in [6.45, 7) is 12.9. The van der Waals surface area contributed by atoms with Crippen LogP contribution in [0.5, 0.6) is 0 Å². The van der Waals surface area contributed by atoms with E-state index < -0.39 is 0 Å². The first-order valence-corrected chi connectivity index (χ1v) is 9.03. The molecule has 1 N–H and O–H groups in total. The molecular formula is C16H30N2O2S. The van der Waals surface area contributed by atoms with E-state index in [9.17, 15) is 9.59 Å². The van der Waals surface area contributed by atoms with Crippen LogP contribution in [0.15, 0.2) is 0 Å². The van der Waals surface area contributed by atoms with Gasteiger partial charge in [-0.05, 0) is 31.9 Å². The van der Waals surface area contributed by atoms with Crippen LogP contribution in [0.4, 0.5) is 0 Å². The lowest BCUT2D eigenvalue weighted by Gasteiger charge is -2.45. The molecule has 1 rings (SSSR count). The second-order valence-corrected chi connectivity index (χ2v) is 8.50. The summed E-state index contributed by atoms with van der Waals surface area (Å²) >= 11 is 1.73. The molecule has 1 heterocycles. The number of carbonyl (C=O) groups is 2. The molecule has 5 heteroatoms. The van der Waals surface area contributed by atoms with Gasteiger partial charge in [0.2, 0.25) is 11.8 Å². The van der Waals surface area contributed by atoms with Crippen LogP contribution < -0.4 is 5.32 Å². The predicted octanol–water partition coefficient (Wildman–Crippen LogP) is 2.53. The van der Waals surface area contributed by atoms with Crippen LogP contribution in [0.1, 0.15) is 48.0 Å². The number of piperazine rings is 1. The van der Waals surface area contributed by atoms with Crippen LogP contribution in [0.25, 0.3) is 0 Å². The molecule has 1 aliphatic heterocycles. The van der Waals surface area contributed by atoms with Gasteiger partial charge >= 0.3 is 0 Å². The average Bonchev–Trinajstić information content (AvgIpc) is 2.41. The van der Waals surface area contributed by atoms with E-state index in [1.54, 1.807) is 11.8 Å². The highest BCUT2D eigenvalue weighted by Gasteiger charge is 2.44. The van der Waals surface area contributed by atoms with Gasteiger partial charge < -0.3 is 10.2 Å². The van der Waals surface area contributed by atoms with Gasteiger partial charge in [-0.15, -0.1) is 0 Å². The summed E-state index contributed by atoms with van der Waals surface area (Å²) < 4.78 is -0.0551. The van der Waals surface area contributed by atoms with E-state index in [-0.39, 0.29) is 40.5 Å². The normalized spacial score (nSPS) is 25.2. The molecular weight excluding hydrogens is 284 g/mol. The number of rotatable bonds is 6. The first-order valence-electron chi connectivity index (χ1n) is 7.80. The Balaban J connectivity index is 3.09. The Labute approximate surface area is 133 Å². The first kappa shape index (κ1) is 18.3. The predicted molar refractivity (Wildman–Crippen MR) is 89.3 cm³/mol. The summed E-state index contributed by atoms with van der Waals surface area (Å²) in [5.74, 6) is 0.343. The van der Waals surface area contributed by atoms with Crippen molar-refractivity contribution in [3.05, 3.63) is 0 Å². The van der Waals surface area contributed by atoms with Crippen molar-refractivity contribution in [1.29, 1.82) is 0 Å². The van der Waals surface area contributed by atoms with Crippen molar-refractivity contribution in [2.45, 2.75) is 64.8 Å². The number of amides is 2. The highest BCUT2D eigenvalue weighted by molar-refractivity contribution is 7.99. The summed E-state index contributed by atoms with van der Waals surface area (Å²) in [5.41, 5.74) is 0. The average molecular weight is 314 g/mol. The van der Waals surface area contributed by atoms with E-state index in [2.05, 4.69) is 26.1 Å². The summed E-state index contributed by atoms with van der Waals surface area (Å²) in [6, 6.07) is -0.737. The van der Waals surface area contributed by atoms with Crippen LogP contribution in [0, 0.1) is 11.8 Å². The molecule has 2 amide bonds. The van der Waals surface area contributed by atoms with Crippen molar-refractivity contribution >= 4 is 23.6 Å². The van der Waals surface area contributed by atoms with Crippen molar-refractivity contribution in [3.63, 3.8) is 0 Å². The fourth-order valence-corrected chi connectivity index (χ4v) is 2.96. The second-order valence-electron chi connectivity index (χ2n) is 6.99. The highest BCUT2D eigenvalue weighted by Crippen LogP contribution is 2.28. The van der Waals surface area contributed by atoms with Gasteiger partial charge in [-0.3, -0.25) is 9.59 Å². The Kier molecular flexibility index (Phi) is 6.14. The molecule has 1 aliphatic rings. The third-order valence-corrected chi connectivity index (χ3v) is 5.63. The number of hydrogen-bond acceptors (Lipinski definition) is 3. The first-order chi connectivity index (χ1) is 9.64. The van der Waals surface area contributed by atoms with Crippen LogP contribution in [-0.2, 0) is 9.59 Å². The van der Waals surface area contributed by atoms with Gasteiger partial charge in [0.1, 0.15) is 12.1 Å². The molecule has 1 fully saturated rings. The largest absolute Gasteiger partial charge is 0.342 e. The van der Waals surface area contributed by atoms with Crippen molar-refractivity contribution in [2.75, 3.05) is 12.8 Å². The summed E-state index contributed by atoms with van der Waals surface area (Å²) in [6.07, 6.45) is 2.92. The van der Waals surface area contributed by atoms with E-state index >= 15 is 0 Å². The molecule has 0 aromatic rings. The maximum Gasteiger partial charge on any atom is 0.246 e. The van der Waals surface area contributed by atoms with E-state index in [1.165, 1.54) is 0 Å². The molecule has 122 valence electrons. The molecule has 0 spiro atoms. The topological polar surface area (TPSA) is 49.4 Å². The van der Waals surface area contributed by atoms with Crippen molar-refractivity contribution in [3.8, 4) is 0 Å². The van der Waals surface area contributed by atoms with Crippen molar-refractivity contribution in [2.24, 2.45) is 11.8 Å². The van der Waals surface area contributed by atoms with E-state index in [0.717, 1.165) is 6.42 Å². The van der Waals surface area contributed by atoms with Crippen molar-refractivity contribution in [1.82, 2.24) is 10.2 Å². The monoisotopic (exact) mass is 314 g/mol. The lowest BCUT2D eigenvalue weighted by Crippen LogP contribution is -2.67. The molecule has 21 heavy (non-hydrogen) atoms.